The molecule has 0 bridgehead atoms. The Morgan fingerprint density at radius 3 is 2.44 bits per heavy atom. The molecule has 0 fully saturated rings. The minimum atomic E-state index is -0.200. The van der Waals surface area contributed by atoms with Gasteiger partial charge in [0.2, 0.25) is 5.91 Å². The van der Waals surface area contributed by atoms with Crippen LogP contribution in [0.3, 0.4) is 0 Å². The largest absolute Gasteiger partial charge is 0.507 e. The van der Waals surface area contributed by atoms with Crippen LogP contribution in [0.4, 0.5) is 0 Å². The Morgan fingerprint density at radius 2 is 1.74 bits per heavy atom. The monoisotopic (exact) mass is 360 g/mol. The van der Waals surface area contributed by atoms with Crippen LogP contribution >= 0.6 is 0 Å². The first-order valence-corrected chi connectivity index (χ1v) is 8.96. The fraction of sp³-hybridized carbons (Fsp3) is 0.217. The molecule has 0 saturated carbocycles. The van der Waals surface area contributed by atoms with E-state index in [9.17, 15) is 9.90 Å². The second kappa shape index (κ2) is 7.62. The minimum Gasteiger partial charge on any atom is -0.507 e. The van der Waals surface area contributed by atoms with Crippen LogP contribution in [0.1, 0.15) is 37.5 Å². The predicted molar refractivity (Wildman–Crippen MR) is 110 cm³/mol. The average molecular weight is 360 g/mol. The Bertz CT molecular complexity index is 983. The van der Waals surface area contributed by atoms with Gasteiger partial charge in [-0.2, -0.15) is 5.10 Å². The van der Waals surface area contributed by atoms with Gasteiger partial charge in [0.25, 0.3) is 0 Å². The van der Waals surface area contributed by atoms with E-state index >= 15 is 0 Å². The van der Waals surface area contributed by atoms with Gasteiger partial charge in [-0.05, 0) is 33.4 Å². The van der Waals surface area contributed by atoms with Crippen molar-refractivity contribution in [1.82, 2.24) is 5.43 Å². The second-order valence-electron chi connectivity index (χ2n) is 7.64. The first-order valence-electron chi connectivity index (χ1n) is 8.96. The Hall–Kier alpha value is -3.14. The summed E-state index contributed by atoms with van der Waals surface area (Å²) in [5.74, 6) is -0.0704. The van der Waals surface area contributed by atoms with E-state index in [1.807, 2.05) is 42.5 Å². The zero-order chi connectivity index (χ0) is 19.4. The number of nitrogens with zero attached hydrogens (tertiary/aromatic N) is 1. The lowest BCUT2D eigenvalue weighted by Crippen LogP contribution is -2.20. The number of aromatic hydroxyl groups is 1. The number of carbonyl (C=O) groups excluding carboxylic acids is 1. The molecule has 0 aromatic heterocycles. The van der Waals surface area contributed by atoms with Crippen LogP contribution in [-0.4, -0.2) is 17.2 Å². The van der Waals surface area contributed by atoms with E-state index < -0.39 is 0 Å². The van der Waals surface area contributed by atoms with Gasteiger partial charge in [0.15, 0.2) is 0 Å². The molecule has 27 heavy (non-hydrogen) atoms. The number of rotatable bonds is 4. The summed E-state index contributed by atoms with van der Waals surface area (Å²) in [6, 6.07) is 19.2. The predicted octanol–water partition coefficient (Wildman–Crippen LogP) is 4.54. The molecule has 138 valence electrons. The number of fused-ring (bicyclic) bond motifs is 1. The molecular weight excluding hydrogens is 336 g/mol. The van der Waals surface area contributed by atoms with Gasteiger partial charge in [0.05, 0.1) is 12.6 Å². The quantitative estimate of drug-likeness (QED) is 0.530. The highest BCUT2D eigenvalue weighted by Crippen LogP contribution is 2.25. The number of phenols is 1. The van der Waals surface area contributed by atoms with Gasteiger partial charge in [-0.3, -0.25) is 4.79 Å². The van der Waals surface area contributed by atoms with Gasteiger partial charge in [-0.25, -0.2) is 5.43 Å². The third kappa shape index (κ3) is 4.53. The van der Waals surface area contributed by atoms with Gasteiger partial charge < -0.3 is 5.11 Å². The third-order valence-electron chi connectivity index (χ3n) is 4.52. The topological polar surface area (TPSA) is 61.7 Å². The highest BCUT2D eigenvalue weighted by Gasteiger charge is 2.13. The van der Waals surface area contributed by atoms with Crippen molar-refractivity contribution in [3.8, 4) is 5.75 Å². The van der Waals surface area contributed by atoms with Crippen LogP contribution < -0.4 is 5.43 Å². The molecule has 0 aliphatic heterocycles. The smallest absolute Gasteiger partial charge is 0.244 e. The van der Waals surface area contributed by atoms with Crippen molar-refractivity contribution >= 4 is 22.9 Å². The number of carbonyl (C=O) groups is 1. The summed E-state index contributed by atoms with van der Waals surface area (Å²) in [6.45, 7) is 6.48. The molecule has 4 nitrogen and oxygen atoms in total. The van der Waals surface area contributed by atoms with E-state index in [-0.39, 0.29) is 23.5 Å². The van der Waals surface area contributed by atoms with Gasteiger partial charge in [0.1, 0.15) is 5.75 Å². The number of phenolic OH excluding ortho intramolecular Hbond substituents is 1. The molecule has 0 spiro atoms. The number of nitrogens with one attached hydrogen (secondary N) is 1. The van der Waals surface area contributed by atoms with Gasteiger partial charge in [0, 0.05) is 5.56 Å². The fourth-order valence-electron chi connectivity index (χ4n) is 2.94. The summed E-state index contributed by atoms with van der Waals surface area (Å²) in [6.07, 6.45) is 1.74. The van der Waals surface area contributed by atoms with Crippen molar-refractivity contribution in [3.05, 3.63) is 77.4 Å². The summed E-state index contributed by atoms with van der Waals surface area (Å²) >= 11 is 0. The maximum atomic E-state index is 12.1. The van der Waals surface area contributed by atoms with E-state index in [2.05, 4.69) is 43.4 Å². The number of hydrazone groups is 1. The molecule has 2 N–H and O–H groups in total. The standard InChI is InChI=1S/C23H24N2O2/c1-23(2,3)18-11-8-16(9-12-18)14-22(27)25-24-15-20-19-7-5-4-6-17(19)10-13-21(20)26/h4-13,15,26H,14H2,1-3H3,(H,25,27). The maximum Gasteiger partial charge on any atom is 0.244 e. The molecule has 0 unspecified atom stereocenters. The highest BCUT2D eigenvalue weighted by atomic mass is 16.3. The summed E-state index contributed by atoms with van der Waals surface area (Å²) in [5, 5.41) is 16.0. The maximum absolute atomic E-state index is 12.1. The Balaban J connectivity index is 1.67. The van der Waals surface area contributed by atoms with E-state index in [1.54, 1.807) is 6.07 Å². The van der Waals surface area contributed by atoms with Crippen LogP contribution in [-0.2, 0) is 16.6 Å². The molecule has 3 aromatic rings. The van der Waals surface area contributed by atoms with Crippen molar-refractivity contribution in [1.29, 1.82) is 0 Å². The molecule has 3 rings (SSSR count). The second-order valence-corrected chi connectivity index (χ2v) is 7.64. The van der Waals surface area contributed by atoms with Crippen LogP contribution in [0.2, 0.25) is 0 Å². The van der Waals surface area contributed by atoms with Crippen molar-refractivity contribution < 1.29 is 9.90 Å². The molecule has 4 heteroatoms. The zero-order valence-corrected chi connectivity index (χ0v) is 15.9. The lowest BCUT2D eigenvalue weighted by Gasteiger charge is -2.19. The van der Waals surface area contributed by atoms with E-state index in [4.69, 9.17) is 0 Å². The summed E-state index contributed by atoms with van der Waals surface area (Å²) in [5.41, 5.74) is 5.38. The Labute approximate surface area is 159 Å². The SMILES string of the molecule is CC(C)(C)c1ccc(CC(=O)NN=Cc2c(O)ccc3ccccc23)cc1. The lowest BCUT2D eigenvalue weighted by atomic mass is 9.86. The van der Waals surface area contributed by atoms with E-state index in [1.165, 1.54) is 11.8 Å². The van der Waals surface area contributed by atoms with Gasteiger partial charge >= 0.3 is 0 Å². The van der Waals surface area contributed by atoms with Crippen molar-refractivity contribution in [2.75, 3.05) is 0 Å². The number of hydrogen-bond acceptors (Lipinski definition) is 3. The van der Waals surface area contributed by atoms with Gasteiger partial charge in [-0.1, -0.05) is 75.4 Å². The Morgan fingerprint density at radius 1 is 1.04 bits per heavy atom. The normalized spacial score (nSPS) is 11.8. The molecule has 0 atom stereocenters. The molecule has 0 heterocycles. The molecule has 1 amide bonds. The van der Waals surface area contributed by atoms with E-state index in [0.717, 1.165) is 16.3 Å². The molecule has 3 aromatic carbocycles. The molecule has 0 aliphatic carbocycles. The van der Waals surface area contributed by atoms with Crippen LogP contribution in [0.15, 0.2) is 65.8 Å². The average Bonchev–Trinajstić information content (AvgIpc) is 2.63. The van der Waals surface area contributed by atoms with Crippen LogP contribution in [0.25, 0.3) is 10.8 Å². The lowest BCUT2D eigenvalue weighted by molar-refractivity contribution is -0.120. The molecular formula is C23H24N2O2. The third-order valence-corrected chi connectivity index (χ3v) is 4.52. The number of amides is 1. The number of benzene rings is 3. The first-order chi connectivity index (χ1) is 12.8. The molecule has 0 aliphatic rings. The van der Waals surface area contributed by atoms with Crippen molar-refractivity contribution in [2.45, 2.75) is 32.6 Å². The fourth-order valence-corrected chi connectivity index (χ4v) is 2.94. The molecule has 0 radical (unpaired) electrons. The Kier molecular flexibility index (Phi) is 5.26. The first kappa shape index (κ1) is 18.6. The molecule has 0 saturated heterocycles. The number of hydrogen-bond donors (Lipinski definition) is 2. The summed E-state index contributed by atoms with van der Waals surface area (Å²) in [4.78, 5) is 12.1. The van der Waals surface area contributed by atoms with Gasteiger partial charge in [-0.15, -0.1) is 0 Å². The summed E-state index contributed by atoms with van der Waals surface area (Å²) < 4.78 is 0. The van der Waals surface area contributed by atoms with Crippen molar-refractivity contribution in [2.24, 2.45) is 5.10 Å². The van der Waals surface area contributed by atoms with Crippen molar-refractivity contribution in [3.63, 3.8) is 0 Å². The minimum absolute atomic E-state index is 0.0888. The summed E-state index contributed by atoms with van der Waals surface area (Å²) in [7, 11) is 0. The zero-order valence-electron chi connectivity index (χ0n) is 15.9. The van der Waals surface area contributed by atoms with Crippen LogP contribution in [0, 0.1) is 0 Å². The highest BCUT2D eigenvalue weighted by molar-refractivity contribution is 6.02. The van der Waals surface area contributed by atoms with E-state index in [0.29, 0.717) is 5.56 Å². The van der Waals surface area contributed by atoms with Crippen LogP contribution in [0.5, 0.6) is 5.75 Å².